The molecule has 1 aromatic heterocycles. The minimum atomic E-state index is 0.394. The van der Waals surface area contributed by atoms with Crippen molar-refractivity contribution in [1.82, 2.24) is 15.0 Å². The topological polar surface area (TPSA) is 39.9 Å². The molecule has 0 bridgehead atoms. The van der Waals surface area contributed by atoms with Crippen LogP contribution in [0.2, 0.25) is 0 Å². The van der Waals surface area contributed by atoms with Crippen LogP contribution in [-0.4, -0.2) is 22.1 Å². The second-order valence-electron chi connectivity index (χ2n) is 1.46. The summed E-state index contributed by atoms with van der Waals surface area (Å²) in [6.07, 6.45) is 1.61. The Labute approximate surface area is 60.9 Å². The molecule has 4 nitrogen and oxygen atoms in total. The van der Waals surface area contributed by atoms with Gasteiger partial charge in [-0.15, -0.1) is 5.10 Å². The van der Waals surface area contributed by atoms with Crippen molar-refractivity contribution in [2.75, 3.05) is 7.11 Å². The monoisotopic (exact) mass is 191 g/mol. The second-order valence-corrected chi connectivity index (χ2v) is 2.27. The van der Waals surface area contributed by atoms with Crippen molar-refractivity contribution in [2.24, 2.45) is 0 Å². The van der Waals surface area contributed by atoms with Gasteiger partial charge >= 0.3 is 0 Å². The molecule has 0 fully saturated rings. The molecule has 0 radical (unpaired) electrons. The summed E-state index contributed by atoms with van der Waals surface area (Å²) in [6.45, 7) is 0.394. The lowest BCUT2D eigenvalue weighted by molar-refractivity contribution is 0.108. The van der Waals surface area contributed by atoms with Crippen LogP contribution in [-0.2, 0) is 11.5 Å². The molecular formula is C4H6BrN3O. The van der Waals surface area contributed by atoms with Crippen LogP contribution in [0.25, 0.3) is 0 Å². The first-order chi connectivity index (χ1) is 4.33. The minimum Gasteiger partial charge on any atom is -0.361 e. The molecule has 5 heteroatoms. The quantitative estimate of drug-likeness (QED) is 0.690. The Morgan fingerprint density at radius 1 is 1.89 bits per heavy atom. The molecule has 1 heterocycles. The van der Waals surface area contributed by atoms with Gasteiger partial charge in [-0.25, -0.2) is 0 Å². The molecule has 0 spiro atoms. The van der Waals surface area contributed by atoms with Crippen molar-refractivity contribution in [3.05, 3.63) is 10.8 Å². The van der Waals surface area contributed by atoms with Crippen LogP contribution in [0.15, 0.2) is 10.8 Å². The lowest BCUT2D eigenvalue weighted by Gasteiger charge is -1.92. The summed E-state index contributed by atoms with van der Waals surface area (Å²) in [5.74, 6) is 0. The van der Waals surface area contributed by atoms with Gasteiger partial charge in [-0.05, 0) is 15.9 Å². The molecule has 0 aliphatic carbocycles. The van der Waals surface area contributed by atoms with Crippen LogP contribution in [0.5, 0.6) is 0 Å². The van der Waals surface area contributed by atoms with E-state index >= 15 is 0 Å². The zero-order valence-electron chi connectivity index (χ0n) is 4.91. The van der Waals surface area contributed by atoms with Crippen molar-refractivity contribution >= 4 is 15.9 Å². The number of nitrogens with zero attached hydrogens (tertiary/aromatic N) is 3. The number of hydrogen-bond donors (Lipinski definition) is 0. The van der Waals surface area contributed by atoms with Crippen molar-refractivity contribution in [3.8, 4) is 0 Å². The van der Waals surface area contributed by atoms with E-state index in [9.17, 15) is 0 Å². The predicted molar refractivity (Wildman–Crippen MR) is 34.7 cm³/mol. The summed E-state index contributed by atoms with van der Waals surface area (Å²) in [5.41, 5.74) is 0. The first kappa shape index (κ1) is 6.70. The van der Waals surface area contributed by atoms with Gasteiger partial charge in [0.15, 0.2) is 6.73 Å². The number of ether oxygens (including phenoxy) is 1. The van der Waals surface area contributed by atoms with E-state index in [0.717, 1.165) is 4.60 Å². The molecule has 0 aliphatic heterocycles. The Morgan fingerprint density at radius 3 is 3.11 bits per heavy atom. The van der Waals surface area contributed by atoms with Gasteiger partial charge in [0.2, 0.25) is 0 Å². The average molecular weight is 192 g/mol. The number of rotatable bonds is 2. The van der Waals surface area contributed by atoms with E-state index in [4.69, 9.17) is 4.74 Å². The molecule has 0 saturated carbocycles. The fraction of sp³-hybridized carbons (Fsp3) is 0.500. The van der Waals surface area contributed by atoms with E-state index in [2.05, 4.69) is 26.1 Å². The predicted octanol–water partition coefficient (Wildman–Crippen LogP) is 0.645. The van der Waals surface area contributed by atoms with Gasteiger partial charge in [0.05, 0.1) is 6.20 Å². The van der Waals surface area contributed by atoms with Gasteiger partial charge in [-0.3, -0.25) is 0 Å². The number of hydrogen-bond acceptors (Lipinski definition) is 3. The van der Waals surface area contributed by atoms with Crippen LogP contribution in [0.3, 0.4) is 0 Å². The van der Waals surface area contributed by atoms with Crippen LogP contribution in [0, 0.1) is 0 Å². The zero-order chi connectivity index (χ0) is 6.69. The molecule has 0 unspecified atom stereocenters. The number of methoxy groups -OCH3 is 1. The van der Waals surface area contributed by atoms with E-state index in [1.807, 2.05) is 0 Å². The first-order valence-corrected chi connectivity index (χ1v) is 3.17. The third-order valence-corrected chi connectivity index (χ3v) is 1.12. The zero-order valence-corrected chi connectivity index (χ0v) is 6.50. The molecular weight excluding hydrogens is 186 g/mol. The molecule has 0 atom stereocenters. The van der Waals surface area contributed by atoms with Crippen molar-refractivity contribution in [3.63, 3.8) is 0 Å². The highest BCUT2D eigenvalue weighted by atomic mass is 79.9. The van der Waals surface area contributed by atoms with Gasteiger partial charge < -0.3 is 4.74 Å². The van der Waals surface area contributed by atoms with Gasteiger partial charge in [0.25, 0.3) is 0 Å². The number of halogens is 1. The Kier molecular flexibility index (Phi) is 2.18. The molecule has 50 valence electrons. The van der Waals surface area contributed by atoms with Crippen LogP contribution in [0.4, 0.5) is 0 Å². The summed E-state index contributed by atoms with van der Waals surface area (Å²) in [6, 6.07) is 0. The van der Waals surface area contributed by atoms with Gasteiger partial charge in [0.1, 0.15) is 4.60 Å². The summed E-state index contributed by atoms with van der Waals surface area (Å²) < 4.78 is 5.48. The lowest BCUT2D eigenvalue weighted by atomic mass is 11.0. The molecule has 0 aromatic carbocycles. The Hall–Kier alpha value is -0.420. The smallest absolute Gasteiger partial charge is 0.158 e. The third-order valence-electron chi connectivity index (χ3n) is 0.753. The maximum Gasteiger partial charge on any atom is 0.158 e. The van der Waals surface area contributed by atoms with Crippen LogP contribution < -0.4 is 0 Å². The molecule has 0 N–H and O–H groups in total. The van der Waals surface area contributed by atoms with Crippen LogP contribution >= 0.6 is 15.9 Å². The largest absolute Gasteiger partial charge is 0.361 e. The molecule has 1 rings (SSSR count). The maximum absolute atomic E-state index is 4.76. The molecule has 1 aromatic rings. The van der Waals surface area contributed by atoms with Crippen molar-refractivity contribution in [1.29, 1.82) is 0 Å². The van der Waals surface area contributed by atoms with E-state index in [1.165, 1.54) is 4.80 Å². The normalized spacial score (nSPS) is 10.0. The van der Waals surface area contributed by atoms with E-state index in [0.29, 0.717) is 6.73 Å². The van der Waals surface area contributed by atoms with Gasteiger partial charge in [0, 0.05) is 7.11 Å². The average Bonchev–Trinajstić information content (AvgIpc) is 2.17. The van der Waals surface area contributed by atoms with E-state index in [1.54, 1.807) is 13.3 Å². The SMILES string of the molecule is COCn1ncc(Br)n1. The summed E-state index contributed by atoms with van der Waals surface area (Å²) >= 11 is 3.15. The Morgan fingerprint density at radius 2 is 2.67 bits per heavy atom. The summed E-state index contributed by atoms with van der Waals surface area (Å²) in [7, 11) is 1.59. The van der Waals surface area contributed by atoms with Crippen molar-refractivity contribution < 1.29 is 4.74 Å². The Bertz CT molecular complexity index is 188. The fourth-order valence-electron chi connectivity index (χ4n) is 0.454. The standard InChI is InChI=1S/C4H6BrN3O/c1-9-3-8-6-2-4(5)7-8/h2H,3H2,1H3. The molecule has 9 heavy (non-hydrogen) atoms. The fourth-order valence-corrected chi connectivity index (χ4v) is 0.729. The summed E-state index contributed by atoms with van der Waals surface area (Å²) in [5, 5.41) is 7.74. The second kappa shape index (κ2) is 2.93. The maximum atomic E-state index is 4.76. The van der Waals surface area contributed by atoms with Crippen molar-refractivity contribution in [2.45, 2.75) is 6.73 Å². The molecule has 0 aliphatic rings. The molecule has 0 amide bonds. The highest BCUT2D eigenvalue weighted by Gasteiger charge is 1.92. The summed E-state index contributed by atoms with van der Waals surface area (Å²) in [4.78, 5) is 1.45. The third kappa shape index (κ3) is 1.76. The first-order valence-electron chi connectivity index (χ1n) is 2.37. The highest BCUT2D eigenvalue weighted by Crippen LogP contribution is 1.99. The highest BCUT2D eigenvalue weighted by molar-refractivity contribution is 9.10. The van der Waals surface area contributed by atoms with E-state index in [-0.39, 0.29) is 0 Å². The van der Waals surface area contributed by atoms with Gasteiger partial charge in [-0.2, -0.15) is 9.90 Å². The van der Waals surface area contributed by atoms with Gasteiger partial charge in [-0.1, -0.05) is 0 Å². The lowest BCUT2D eigenvalue weighted by Crippen LogP contribution is -2.02. The Balaban J connectivity index is 2.61. The minimum absolute atomic E-state index is 0.394. The molecule has 0 saturated heterocycles. The van der Waals surface area contributed by atoms with Crippen LogP contribution in [0.1, 0.15) is 0 Å². The van der Waals surface area contributed by atoms with E-state index < -0.39 is 0 Å². The number of aromatic nitrogens is 3.